The lowest BCUT2D eigenvalue weighted by atomic mass is 9.67. The van der Waals surface area contributed by atoms with Gasteiger partial charge < -0.3 is 10.6 Å². The summed E-state index contributed by atoms with van der Waals surface area (Å²) in [5, 5.41) is 6.69. The first-order valence-electron chi connectivity index (χ1n) is 8.84. The first-order valence-corrected chi connectivity index (χ1v) is 8.84. The molecule has 3 heteroatoms. The first-order chi connectivity index (χ1) is 9.83. The van der Waals surface area contributed by atoms with Crippen LogP contribution in [-0.2, 0) is 4.79 Å². The van der Waals surface area contributed by atoms with Crippen LogP contribution < -0.4 is 10.6 Å². The van der Waals surface area contributed by atoms with Gasteiger partial charge in [0.05, 0.1) is 0 Å². The number of carbonyl (C=O) groups is 1. The van der Waals surface area contributed by atoms with Crippen molar-refractivity contribution in [2.45, 2.75) is 70.3 Å². The van der Waals surface area contributed by atoms with Crippen molar-refractivity contribution in [2.24, 2.45) is 17.8 Å². The molecule has 0 aromatic rings. The van der Waals surface area contributed by atoms with Gasteiger partial charge in [0.1, 0.15) is 0 Å². The quantitative estimate of drug-likeness (QED) is 0.830. The fourth-order valence-corrected chi connectivity index (χ4v) is 4.63. The Balaban J connectivity index is 1.38. The number of nitrogens with one attached hydrogen (secondary N) is 2. The molecular weight excluding hydrogens is 248 g/mol. The summed E-state index contributed by atoms with van der Waals surface area (Å²) in [5.74, 6) is 2.44. The van der Waals surface area contributed by atoms with E-state index in [1.807, 2.05) is 0 Å². The molecule has 2 N–H and O–H groups in total. The van der Waals surface area contributed by atoms with Gasteiger partial charge in [0.2, 0.25) is 5.91 Å². The second-order valence-electron chi connectivity index (χ2n) is 7.19. The maximum absolute atomic E-state index is 12.3. The number of carbonyl (C=O) groups excluding carboxylic acids is 1. The van der Waals surface area contributed by atoms with Crippen molar-refractivity contribution in [2.75, 3.05) is 13.1 Å². The van der Waals surface area contributed by atoms with Crippen LogP contribution in [-0.4, -0.2) is 25.0 Å². The topological polar surface area (TPSA) is 41.1 Å². The smallest absolute Gasteiger partial charge is 0.223 e. The Morgan fingerprint density at radius 3 is 2.65 bits per heavy atom. The van der Waals surface area contributed by atoms with E-state index in [1.165, 1.54) is 44.9 Å². The zero-order valence-electron chi connectivity index (χ0n) is 12.7. The van der Waals surface area contributed by atoms with Crippen LogP contribution in [0.1, 0.15) is 64.2 Å². The van der Waals surface area contributed by atoms with Crippen molar-refractivity contribution in [3.05, 3.63) is 0 Å². The Morgan fingerprint density at radius 2 is 1.85 bits per heavy atom. The molecule has 0 bridgehead atoms. The third kappa shape index (κ3) is 3.55. The lowest BCUT2D eigenvalue weighted by Gasteiger charge is -2.38. The minimum absolute atomic E-state index is 0.311. The van der Waals surface area contributed by atoms with Crippen molar-refractivity contribution in [1.82, 2.24) is 10.6 Å². The highest BCUT2D eigenvalue weighted by molar-refractivity contribution is 5.78. The molecule has 4 atom stereocenters. The molecule has 2 saturated carbocycles. The highest BCUT2D eigenvalue weighted by atomic mass is 16.1. The van der Waals surface area contributed by atoms with Crippen LogP contribution in [0.15, 0.2) is 0 Å². The molecule has 1 amide bonds. The van der Waals surface area contributed by atoms with Crippen LogP contribution in [0.5, 0.6) is 0 Å². The standard InChI is InChI=1S/C17H30N2O/c20-17(19-11-9-16-6-3-10-18-16)15-8-7-13-4-1-2-5-14(13)12-15/h13-16,18H,1-12H2,(H,19,20)/t13?,14?,15?,16-/m1/s1. The second-order valence-corrected chi connectivity index (χ2v) is 7.19. The average Bonchev–Trinajstić information content (AvgIpc) is 3.00. The number of amides is 1. The van der Waals surface area contributed by atoms with Gasteiger partial charge in [0.15, 0.2) is 0 Å². The molecule has 20 heavy (non-hydrogen) atoms. The number of hydrogen-bond acceptors (Lipinski definition) is 2. The van der Waals surface area contributed by atoms with Gasteiger partial charge in [-0.3, -0.25) is 4.79 Å². The molecule has 3 nitrogen and oxygen atoms in total. The van der Waals surface area contributed by atoms with Crippen LogP contribution in [0.4, 0.5) is 0 Å². The molecule has 114 valence electrons. The van der Waals surface area contributed by atoms with Crippen molar-refractivity contribution in [1.29, 1.82) is 0 Å². The lowest BCUT2D eigenvalue weighted by Crippen LogP contribution is -2.38. The van der Waals surface area contributed by atoms with Gasteiger partial charge in [-0.05, 0) is 56.9 Å². The highest BCUT2D eigenvalue weighted by Crippen LogP contribution is 2.42. The molecule has 1 saturated heterocycles. The van der Waals surface area contributed by atoms with Gasteiger partial charge in [0, 0.05) is 18.5 Å². The van der Waals surface area contributed by atoms with Crippen LogP contribution >= 0.6 is 0 Å². The number of rotatable bonds is 4. The van der Waals surface area contributed by atoms with E-state index in [1.54, 1.807) is 0 Å². The van der Waals surface area contributed by atoms with E-state index in [0.29, 0.717) is 17.9 Å². The zero-order valence-corrected chi connectivity index (χ0v) is 12.7. The molecule has 1 heterocycles. The average molecular weight is 278 g/mol. The van der Waals surface area contributed by atoms with Crippen LogP contribution in [0.3, 0.4) is 0 Å². The van der Waals surface area contributed by atoms with Gasteiger partial charge >= 0.3 is 0 Å². The van der Waals surface area contributed by atoms with Crippen LogP contribution in [0.2, 0.25) is 0 Å². The first kappa shape index (κ1) is 14.4. The molecule has 0 radical (unpaired) electrons. The molecule has 1 aliphatic heterocycles. The maximum atomic E-state index is 12.3. The molecule has 3 rings (SSSR count). The van der Waals surface area contributed by atoms with Gasteiger partial charge in [-0.15, -0.1) is 0 Å². The largest absolute Gasteiger partial charge is 0.356 e. The van der Waals surface area contributed by atoms with Crippen LogP contribution in [0.25, 0.3) is 0 Å². The van der Waals surface area contributed by atoms with Gasteiger partial charge in [-0.25, -0.2) is 0 Å². The normalized spacial score (nSPS) is 37.4. The summed E-state index contributed by atoms with van der Waals surface area (Å²) in [5.41, 5.74) is 0. The molecule has 0 aromatic heterocycles. The van der Waals surface area contributed by atoms with Gasteiger partial charge in [0.25, 0.3) is 0 Å². The minimum Gasteiger partial charge on any atom is -0.356 e. The van der Waals surface area contributed by atoms with Gasteiger partial charge in [-0.2, -0.15) is 0 Å². The van der Waals surface area contributed by atoms with E-state index in [9.17, 15) is 4.79 Å². The van der Waals surface area contributed by atoms with E-state index in [4.69, 9.17) is 0 Å². The molecule has 0 aromatic carbocycles. The fourth-order valence-electron chi connectivity index (χ4n) is 4.63. The van der Waals surface area contributed by atoms with Crippen molar-refractivity contribution >= 4 is 5.91 Å². The van der Waals surface area contributed by atoms with Crippen molar-refractivity contribution < 1.29 is 4.79 Å². The Kier molecular flexibility index (Phi) is 4.98. The second kappa shape index (κ2) is 6.93. The SMILES string of the molecule is O=C(NCC[C@H]1CCCN1)C1CCC2CCCCC2C1. The highest BCUT2D eigenvalue weighted by Gasteiger charge is 2.34. The molecule has 0 spiro atoms. The van der Waals surface area contributed by atoms with Crippen LogP contribution in [0, 0.1) is 17.8 Å². The van der Waals surface area contributed by atoms with E-state index in [0.717, 1.165) is 44.2 Å². The summed E-state index contributed by atoms with van der Waals surface area (Å²) in [6, 6.07) is 0.643. The fraction of sp³-hybridized carbons (Fsp3) is 0.941. The molecule has 3 fully saturated rings. The van der Waals surface area contributed by atoms with Crippen molar-refractivity contribution in [3.8, 4) is 0 Å². The molecule has 3 unspecified atom stereocenters. The van der Waals surface area contributed by atoms with E-state index >= 15 is 0 Å². The molecule has 2 aliphatic carbocycles. The van der Waals surface area contributed by atoms with Crippen molar-refractivity contribution in [3.63, 3.8) is 0 Å². The minimum atomic E-state index is 0.311. The third-order valence-corrected chi connectivity index (χ3v) is 5.86. The Labute approximate surface area is 123 Å². The monoisotopic (exact) mass is 278 g/mol. The lowest BCUT2D eigenvalue weighted by molar-refractivity contribution is -0.127. The Hall–Kier alpha value is -0.570. The van der Waals surface area contributed by atoms with E-state index < -0.39 is 0 Å². The van der Waals surface area contributed by atoms with E-state index in [2.05, 4.69) is 10.6 Å². The predicted octanol–water partition coefficient (Wildman–Crippen LogP) is 2.85. The summed E-state index contributed by atoms with van der Waals surface area (Å²) in [7, 11) is 0. The van der Waals surface area contributed by atoms with E-state index in [-0.39, 0.29) is 0 Å². The third-order valence-electron chi connectivity index (χ3n) is 5.86. The zero-order chi connectivity index (χ0) is 13.8. The van der Waals surface area contributed by atoms with Gasteiger partial charge in [-0.1, -0.05) is 25.7 Å². The summed E-state index contributed by atoms with van der Waals surface area (Å²) in [4.78, 5) is 12.3. The summed E-state index contributed by atoms with van der Waals surface area (Å²) in [6.45, 7) is 2.02. The summed E-state index contributed by atoms with van der Waals surface area (Å²) >= 11 is 0. The Morgan fingerprint density at radius 1 is 1.00 bits per heavy atom. The summed E-state index contributed by atoms with van der Waals surface area (Å²) in [6.07, 6.45) is 12.9. The summed E-state index contributed by atoms with van der Waals surface area (Å²) < 4.78 is 0. The molecular formula is C17H30N2O. The predicted molar refractivity (Wildman–Crippen MR) is 81.4 cm³/mol. The number of fused-ring (bicyclic) bond motifs is 1. The molecule has 3 aliphatic rings. The number of hydrogen-bond donors (Lipinski definition) is 2. The maximum Gasteiger partial charge on any atom is 0.223 e. The Bertz CT molecular complexity index is 325.